The lowest BCUT2D eigenvalue weighted by Crippen LogP contribution is -2.40. The number of alkyl halides is 3. The van der Waals surface area contributed by atoms with Gasteiger partial charge in [0, 0.05) is 25.0 Å². The normalized spacial score (nSPS) is 18.2. The molecule has 34 heavy (non-hydrogen) atoms. The number of carboxylic acids is 1. The summed E-state index contributed by atoms with van der Waals surface area (Å²) in [7, 11) is 0. The number of hydrogen-bond donors (Lipinski definition) is 1. The van der Waals surface area contributed by atoms with Gasteiger partial charge in [-0.25, -0.2) is 9.78 Å². The molecule has 0 bridgehead atoms. The number of hydrogen-bond acceptors (Lipinski definition) is 5. The molecule has 4 rings (SSSR count). The van der Waals surface area contributed by atoms with Crippen molar-refractivity contribution in [3.63, 3.8) is 0 Å². The van der Waals surface area contributed by atoms with Gasteiger partial charge in [-0.2, -0.15) is 13.2 Å². The molecule has 1 aliphatic heterocycles. The van der Waals surface area contributed by atoms with Crippen molar-refractivity contribution in [3.05, 3.63) is 71.1 Å². The molecular formula is C25H24F3NO5. The van der Waals surface area contributed by atoms with Gasteiger partial charge in [0.2, 0.25) is 5.89 Å². The summed E-state index contributed by atoms with van der Waals surface area (Å²) in [6.07, 6.45) is -2.42. The lowest BCUT2D eigenvalue weighted by atomic mass is 9.92. The predicted molar refractivity (Wildman–Crippen MR) is 117 cm³/mol. The third-order valence-electron chi connectivity index (χ3n) is 5.87. The maximum absolute atomic E-state index is 12.7. The highest BCUT2D eigenvalue weighted by Crippen LogP contribution is 2.32. The summed E-state index contributed by atoms with van der Waals surface area (Å²) < 4.78 is 55.2. The maximum Gasteiger partial charge on any atom is 0.416 e. The maximum atomic E-state index is 12.7. The van der Waals surface area contributed by atoms with E-state index in [0.717, 1.165) is 24.1 Å². The number of aromatic nitrogens is 1. The second kappa shape index (κ2) is 9.50. The number of nitrogens with zero attached hydrogens (tertiary/aromatic N) is 1. The number of ether oxygens (including phenoxy) is 2. The first-order valence-electron chi connectivity index (χ1n) is 10.9. The first kappa shape index (κ1) is 23.8. The molecule has 1 fully saturated rings. The highest BCUT2D eigenvalue weighted by Gasteiger charge is 2.42. The Morgan fingerprint density at radius 2 is 1.85 bits per heavy atom. The fourth-order valence-electron chi connectivity index (χ4n) is 3.97. The van der Waals surface area contributed by atoms with Gasteiger partial charge in [0.1, 0.15) is 11.5 Å². The molecule has 0 amide bonds. The van der Waals surface area contributed by atoms with Gasteiger partial charge in [0.25, 0.3) is 0 Å². The summed E-state index contributed by atoms with van der Waals surface area (Å²) in [6.45, 7) is 2.52. The van der Waals surface area contributed by atoms with E-state index < -0.39 is 23.3 Å². The standard InChI is InChI=1S/C25H24F3NO5/c1-16-21(29-22(34-16)18-5-7-19(8-6-18)25(26,27)28)11-14-32-20-9-3-17(4-10-20)15-24(23(30)31)12-2-13-33-24/h3-10H,2,11-15H2,1H3,(H,30,31). The number of oxazole rings is 1. The summed E-state index contributed by atoms with van der Waals surface area (Å²) in [4.78, 5) is 16.0. The van der Waals surface area contributed by atoms with Crippen LogP contribution in [0.15, 0.2) is 52.9 Å². The first-order chi connectivity index (χ1) is 16.2. The van der Waals surface area contributed by atoms with Crippen LogP contribution >= 0.6 is 0 Å². The molecule has 2 aromatic carbocycles. The van der Waals surface area contributed by atoms with E-state index in [9.17, 15) is 23.1 Å². The summed E-state index contributed by atoms with van der Waals surface area (Å²) in [5.74, 6) is 0.519. The number of rotatable bonds is 8. The van der Waals surface area contributed by atoms with E-state index in [0.29, 0.717) is 55.2 Å². The zero-order valence-corrected chi connectivity index (χ0v) is 18.5. The molecule has 2 heterocycles. The zero-order valence-electron chi connectivity index (χ0n) is 18.5. The Hall–Kier alpha value is -3.33. The molecule has 1 atom stereocenters. The molecule has 1 saturated heterocycles. The molecule has 1 aliphatic rings. The zero-order chi connectivity index (χ0) is 24.3. The second-order valence-electron chi connectivity index (χ2n) is 8.27. The topological polar surface area (TPSA) is 81.8 Å². The van der Waals surface area contributed by atoms with Gasteiger partial charge in [-0.15, -0.1) is 0 Å². The van der Waals surface area contributed by atoms with E-state index in [1.165, 1.54) is 12.1 Å². The van der Waals surface area contributed by atoms with E-state index in [4.69, 9.17) is 13.9 Å². The van der Waals surface area contributed by atoms with Crippen LogP contribution in [0, 0.1) is 6.92 Å². The van der Waals surface area contributed by atoms with Crippen LogP contribution in [-0.4, -0.2) is 34.9 Å². The quantitative estimate of drug-likeness (QED) is 0.466. The Bertz CT molecular complexity index is 1130. The van der Waals surface area contributed by atoms with Crippen LogP contribution in [0.3, 0.4) is 0 Å². The molecular weight excluding hydrogens is 451 g/mol. The van der Waals surface area contributed by atoms with Gasteiger partial charge in [-0.3, -0.25) is 0 Å². The largest absolute Gasteiger partial charge is 0.493 e. The van der Waals surface area contributed by atoms with E-state index in [1.54, 1.807) is 19.1 Å². The third kappa shape index (κ3) is 5.25. The molecule has 0 spiro atoms. The molecule has 0 aliphatic carbocycles. The van der Waals surface area contributed by atoms with E-state index >= 15 is 0 Å². The molecule has 1 unspecified atom stereocenters. The summed E-state index contributed by atoms with van der Waals surface area (Å²) in [5.41, 5.74) is 0.0910. The fourth-order valence-corrected chi connectivity index (χ4v) is 3.97. The van der Waals surface area contributed by atoms with Crippen molar-refractivity contribution in [2.24, 2.45) is 0 Å². The number of carboxylic acid groups (broad SMARTS) is 1. The van der Waals surface area contributed by atoms with E-state index in [1.807, 2.05) is 12.1 Å². The molecule has 9 heteroatoms. The average Bonchev–Trinajstić information content (AvgIpc) is 3.42. The van der Waals surface area contributed by atoms with Crippen LogP contribution in [0.4, 0.5) is 13.2 Å². The fraction of sp³-hybridized carbons (Fsp3) is 0.360. The molecule has 0 radical (unpaired) electrons. The van der Waals surface area contributed by atoms with Gasteiger partial charge < -0.3 is 19.0 Å². The Morgan fingerprint density at radius 1 is 1.15 bits per heavy atom. The highest BCUT2D eigenvalue weighted by atomic mass is 19.4. The Kier molecular flexibility index (Phi) is 6.65. The van der Waals surface area contributed by atoms with Gasteiger partial charge in [-0.05, 0) is 61.7 Å². The number of aryl methyl sites for hydroxylation is 1. The van der Waals surface area contributed by atoms with Crippen molar-refractivity contribution < 1.29 is 37.0 Å². The third-order valence-corrected chi connectivity index (χ3v) is 5.87. The van der Waals surface area contributed by atoms with Crippen LogP contribution in [0.5, 0.6) is 5.75 Å². The van der Waals surface area contributed by atoms with Gasteiger partial charge in [0.05, 0.1) is 17.9 Å². The minimum absolute atomic E-state index is 0.257. The number of carbonyl (C=O) groups is 1. The van der Waals surface area contributed by atoms with Crippen molar-refractivity contribution in [2.45, 2.75) is 44.4 Å². The Labute approximate surface area is 194 Å². The highest BCUT2D eigenvalue weighted by molar-refractivity contribution is 5.78. The van der Waals surface area contributed by atoms with Crippen LogP contribution in [-0.2, 0) is 28.5 Å². The predicted octanol–water partition coefficient (Wildman–Crippen LogP) is 5.47. The Morgan fingerprint density at radius 3 is 2.44 bits per heavy atom. The smallest absolute Gasteiger partial charge is 0.416 e. The van der Waals surface area contributed by atoms with E-state index in [-0.39, 0.29) is 5.89 Å². The lowest BCUT2D eigenvalue weighted by Gasteiger charge is -2.23. The summed E-state index contributed by atoms with van der Waals surface area (Å²) >= 11 is 0. The van der Waals surface area contributed by atoms with Gasteiger partial charge >= 0.3 is 12.1 Å². The van der Waals surface area contributed by atoms with Crippen LogP contribution in [0.25, 0.3) is 11.5 Å². The van der Waals surface area contributed by atoms with E-state index in [2.05, 4.69) is 4.98 Å². The number of halogens is 3. The Balaban J connectivity index is 1.33. The minimum Gasteiger partial charge on any atom is -0.493 e. The summed E-state index contributed by atoms with van der Waals surface area (Å²) in [5, 5.41) is 9.54. The lowest BCUT2D eigenvalue weighted by molar-refractivity contribution is -0.159. The molecule has 180 valence electrons. The van der Waals surface area contributed by atoms with Gasteiger partial charge in [-0.1, -0.05) is 12.1 Å². The number of aliphatic carboxylic acids is 1. The summed E-state index contributed by atoms with van der Waals surface area (Å²) in [6, 6.07) is 11.9. The van der Waals surface area contributed by atoms with Crippen LogP contribution in [0.2, 0.25) is 0 Å². The van der Waals surface area contributed by atoms with Gasteiger partial charge in [0.15, 0.2) is 5.60 Å². The average molecular weight is 475 g/mol. The molecule has 1 aromatic heterocycles. The monoisotopic (exact) mass is 475 g/mol. The van der Waals surface area contributed by atoms with Crippen molar-refractivity contribution in [1.29, 1.82) is 0 Å². The first-order valence-corrected chi connectivity index (χ1v) is 10.9. The second-order valence-corrected chi connectivity index (χ2v) is 8.27. The molecule has 0 saturated carbocycles. The van der Waals surface area contributed by atoms with Crippen molar-refractivity contribution >= 4 is 5.97 Å². The molecule has 6 nitrogen and oxygen atoms in total. The SMILES string of the molecule is Cc1oc(-c2ccc(C(F)(F)F)cc2)nc1CCOc1ccc(CC2(C(=O)O)CCCO2)cc1. The van der Waals surface area contributed by atoms with Crippen LogP contribution < -0.4 is 4.74 Å². The van der Waals surface area contributed by atoms with Crippen molar-refractivity contribution in [2.75, 3.05) is 13.2 Å². The molecule has 1 N–H and O–H groups in total. The van der Waals surface area contributed by atoms with Crippen molar-refractivity contribution in [1.82, 2.24) is 4.98 Å². The minimum atomic E-state index is -4.40. The van der Waals surface area contributed by atoms with Crippen molar-refractivity contribution in [3.8, 4) is 17.2 Å². The van der Waals surface area contributed by atoms with Crippen LogP contribution in [0.1, 0.15) is 35.4 Å². The number of benzene rings is 2. The molecule has 3 aromatic rings.